The van der Waals surface area contributed by atoms with Gasteiger partial charge in [-0.05, 0) is 19.3 Å². The van der Waals surface area contributed by atoms with Crippen LogP contribution >= 0.6 is 11.3 Å². The van der Waals surface area contributed by atoms with Gasteiger partial charge in [0.2, 0.25) is 0 Å². The summed E-state index contributed by atoms with van der Waals surface area (Å²) in [5, 5.41) is 0. The fourth-order valence-electron chi connectivity index (χ4n) is 2.39. The van der Waals surface area contributed by atoms with Crippen LogP contribution in [0.3, 0.4) is 0 Å². The molecule has 0 saturated carbocycles. The van der Waals surface area contributed by atoms with Gasteiger partial charge in [0.25, 0.3) is 5.91 Å². The highest BCUT2D eigenvalue weighted by Gasteiger charge is 2.33. The van der Waals surface area contributed by atoms with Gasteiger partial charge < -0.3 is 10.6 Å². The fourth-order valence-corrected chi connectivity index (χ4v) is 3.16. The lowest BCUT2D eigenvalue weighted by molar-refractivity contribution is 0.0789. The van der Waals surface area contributed by atoms with Gasteiger partial charge in [-0.1, -0.05) is 13.3 Å². The molecule has 0 bridgehead atoms. The van der Waals surface area contributed by atoms with E-state index < -0.39 is 0 Å². The molecule has 17 heavy (non-hydrogen) atoms. The van der Waals surface area contributed by atoms with E-state index in [1.807, 2.05) is 11.8 Å². The van der Waals surface area contributed by atoms with Crippen molar-refractivity contribution in [2.45, 2.75) is 32.7 Å². The SMILES string of the molecule is CCC[C@@H]1CN(C(=O)c2scnc2C)C[C@H]1N. The van der Waals surface area contributed by atoms with Crippen LogP contribution in [0.25, 0.3) is 0 Å². The van der Waals surface area contributed by atoms with Gasteiger partial charge >= 0.3 is 0 Å². The van der Waals surface area contributed by atoms with Crippen LogP contribution in [0, 0.1) is 12.8 Å². The second-order valence-corrected chi connectivity index (χ2v) is 5.54. The smallest absolute Gasteiger partial charge is 0.265 e. The van der Waals surface area contributed by atoms with E-state index in [9.17, 15) is 4.79 Å². The molecule has 1 aliphatic rings. The number of hydrogen-bond donors (Lipinski definition) is 1. The molecule has 0 aromatic carbocycles. The molecular weight excluding hydrogens is 234 g/mol. The van der Waals surface area contributed by atoms with Crippen molar-refractivity contribution in [3.05, 3.63) is 16.1 Å². The zero-order valence-electron chi connectivity index (χ0n) is 10.3. The van der Waals surface area contributed by atoms with E-state index in [1.54, 1.807) is 5.51 Å². The molecule has 1 saturated heterocycles. The summed E-state index contributed by atoms with van der Waals surface area (Å²) < 4.78 is 0. The average molecular weight is 253 g/mol. The lowest BCUT2D eigenvalue weighted by Crippen LogP contribution is -2.32. The number of aryl methyl sites for hydroxylation is 1. The molecule has 2 atom stereocenters. The second kappa shape index (κ2) is 5.14. The Morgan fingerprint density at radius 1 is 1.65 bits per heavy atom. The second-order valence-electron chi connectivity index (χ2n) is 4.69. The number of nitrogens with zero attached hydrogens (tertiary/aromatic N) is 2. The van der Waals surface area contributed by atoms with E-state index in [4.69, 9.17) is 5.73 Å². The first-order chi connectivity index (χ1) is 8.13. The van der Waals surface area contributed by atoms with Crippen LogP contribution in [0.2, 0.25) is 0 Å². The Kier molecular flexibility index (Phi) is 3.79. The standard InChI is InChI=1S/C12H19N3OS/c1-3-4-9-5-15(6-10(9)13)12(16)11-8(2)14-7-17-11/h7,9-10H,3-6,13H2,1-2H3/t9-,10-/m1/s1. The third-order valence-corrected chi connectivity index (χ3v) is 4.29. The van der Waals surface area contributed by atoms with Crippen LogP contribution in [0.1, 0.15) is 35.1 Å². The summed E-state index contributed by atoms with van der Waals surface area (Å²) in [4.78, 5) is 19.0. The highest BCUT2D eigenvalue weighted by molar-refractivity contribution is 7.11. The van der Waals surface area contributed by atoms with Crippen molar-refractivity contribution in [2.75, 3.05) is 13.1 Å². The first kappa shape index (κ1) is 12.5. The van der Waals surface area contributed by atoms with E-state index in [2.05, 4.69) is 11.9 Å². The van der Waals surface area contributed by atoms with Gasteiger partial charge in [0.1, 0.15) is 4.88 Å². The molecule has 0 aliphatic carbocycles. The van der Waals surface area contributed by atoms with Crippen molar-refractivity contribution in [2.24, 2.45) is 11.7 Å². The number of carbonyl (C=O) groups excluding carboxylic acids is 1. The summed E-state index contributed by atoms with van der Waals surface area (Å²) in [5.74, 6) is 0.552. The highest BCUT2D eigenvalue weighted by atomic mass is 32.1. The molecule has 1 aromatic rings. The zero-order chi connectivity index (χ0) is 12.4. The number of carbonyl (C=O) groups is 1. The van der Waals surface area contributed by atoms with E-state index in [0.29, 0.717) is 12.5 Å². The summed E-state index contributed by atoms with van der Waals surface area (Å²) in [7, 11) is 0. The number of thiazole rings is 1. The molecule has 4 nitrogen and oxygen atoms in total. The molecule has 0 spiro atoms. The molecule has 0 unspecified atom stereocenters. The van der Waals surface area contributed by atoms with E-state index in [0.717, 1.165) is 30.0 Å². The fraction of sp³-hybridized carbons (Fsp3) is 0.667. The molecule has 1 fully saturated rings. The first-order valence-corrected chi connectivity index (χ1v) is 6.96. The molecule has 1 amide bonds. The molecule has 2 heterocycles. The monoisotopic (exact) mass is 253 g/mol. The quantitative estimate of drug-likeness (QED) is 0.891. The molecule has 1 aliphatic heterocycles. The van der Waals surface area contributed by atoms with Gasteiger partial charge in [0.05, 0.1) is 11.2 Å². The van der Waals surface area contributed by atoms with Crippen LogP contribution in [-0.2, 0) is 0 Å². The van der Waals surface area contributed by atoms with Gasteiger partial charge in [0.15, 0.2) is 0 Å². The minimum absolute atomic E-state index is 0.0963. The van der Waals surface area contributed by atoms with Crippen molar-refractivity contribution in [3.63, 3.8) is 0 Å². The average Bonchev–Trinajstić information content (AvgIpc) is 2.86. The Hall–Kier alpha value is -0.940. The van der Waals surface area contributed by atoms with Crippen molar-refractivity contribution >= 4 is 17.2 Å². The van der Waals surface area contributed by atoms with Crippen molar-refractivity contribution in [3.8, 4) is 0 Å². The van der Waals surface area contributed by atoms with Crippen molar-refractivity contribution < 1.29 is 4.79 Å². The van der Waals surface area contributed by atoms with Gasteiger partial charge in [-0.25, -0.2) is 4.98 Å². The number of amides is 1. The normalized spacial score (nSPS) is 24.3. The molecule has 1 aromatic heterocycles. The lowest BCUT2D eigenvalue weighted by atomic mass is 9.99. The maximum atomic E-state index is 12.3. The minimum Gasteiger partial charge on any atom is -0.336 e. The van der Waals surface area contributed by atoms with Crippen LogP contribution in [-0.4, -0.2) is 34.9 Å². The number of nitrogens with two attached hydrogens (primary N) is 1. The summed E-state index contributed by atoms with van der Waals surface area (Å²) >= 11 is 1.42. The molecule has 94 valence electrons. The van der Waals surface area contributed by atoms with Gasteiger partial charge in [-0.3, -0.25) is 4.79 Å². The van der Waals surface area contributed by atoms with Gasteiger partial charge in [-0.15, -0.1) is 11.3 Å². The van der Waals surface area contributed by atoms with Gasteiger partial charge in [0, 0.05) is 19.1 Å². The van der Waals surface area contributed by atoms with Crippen LogP contribution in [0.15, 0.2) is 5.51 Å². The number of likely N-dealkylation sites (tertiary alicyclic amines) is 1. The highest BCUT2D eigenvalue weighted by Crippen LogP contribution is 2.24. The Morgan fingerprint density at radius 2 is 2.41 bits per heavy atom. The van der Waals surface area contributed by atoms with Crippen LogP contribution in [0.4, 0.5) is 0 Å². The van der Waals surface area contributed by atoms with E-state index >= 15 is 0 Å². The number of hydrogen-bond acceptors (Lipinski definition) is 4. The van der Waals surface area contributed by atoms with Crippen LogP contribution < -0.4 is 5.73 Å². The summed E-state index contributed by atoms with van der Waals surface area (Å²) in [5.41, 5.74) is 8.63. The molecule has 0 radical (unpaired) electrons. The third kappa shape index (κ3) is 2.50. The maximum absolute atomic E-state index is 12.3. The van der Waals surface area contributed by atoms with Gasteiger partial charge in [-0.2, -0.15) is 0 Å². The lowest BCUT2D eigenvalue weighted by Gasteiger charge is -2.15. The summed E-state index contributed by atoms with van der Waals surface area (Å²) in [6.45, 7) is 5.51. The van der Waals surface area contributed by atoms with E-state index in [1.165, 1.54) is 11.3 Å². The van der Waals surface area contributed by atoms with Crippen molar-refractivity contribution in [1.29, 1.82) is 0 Å². The predicted molar refractivity (Wildman–Crippen MR) is 69.1 cm³/mol. The minimum atomic E-state index is 0.0963. The Balaban J connectivity index is 2.05. The molecule has 5 heteroatoms. The Bertz CT molecular complexity index is 404. The number of rotatable bonds is 3. The third-order valence-electron chi connectivity index (χ3n) is 3.38. The van der Waals surface area contributed by atoms with Crippen molar-refractivity contribution in [1.82, 2.24) is 9.88 Å². The van der Waals surface area contributed by atoms with Crippen LogP contribution in [0.5, 0.6) is 0 Å². The summed E-state index contributed by atoms with van der Waals surface area (Å²) in [6.07, 6.45) is 2.23. The summed E-state index contributed by atoms with van der Waals surface area (Å²) in [6, 6.07) is 0.132. The molecular formula is C12H19N3OS. The molecule has 2 N–H and O–H groups in total. The van der Waals surface area contributed by atoms with E-state index in [-0.39, 0.29) is 11.9 Å². The largest absolute Gasteiger partial charge is 0.336 e. The Labute approximate surface area is 106 Å². The maximum Gasteiger partial charge on any atom is 0.265 e. The number of aromatic nitrogens is 1. The zero-order valence-corrected chi connectivity index (χ0v) is 11.2. The predicted octanol–water partition coefficient (Wildman–Crippen LogP) is 1.65. The first-order valence-electron chi connectivity index (χ1n) is 6.08. The molecule has 2 rings (SSSR count). The Morgan fingerprint density at radius 3 is 3.00 bits per heavy atom. The topological polar surface area (TPSA) is 59.2 Å².